The number of nitrogens with zero attached hydrogens (tertiary/aromatic N) is 4. The molecule has 0 spiro atoms. The van der Waals surface area contributed by atoms with Crippen LogP contribution in [0.4, 0.5) is 0 Å². The minimum atomic E-state index is -0.578. The van der Waals surface area contributed by atoms with Crippen molar-refractivity contribution >= 4 is 38.5 Å². The van der Waals surface area contributed by atoms with E-state index in [1.165, 1.54) is 13.3 Å². The van der Waals surface area contributed by atoms with Gasteiger partial charge in [0.1, 0.15) is 17.9 Å². The number of imidazole rings is 1. The topological polar surface area (TPSA) is 88.4 Å². The zero-order valence-electron chi connectivity index (χ0n) is 16.9. The van der Waals surface area contributed by atoms with E-state index in [-0.39, 0.29) is 22.3 Å². The Morgan fingerprint density at radius 1 is 1.29 bits per heavy atom. The molecule has 3 atom stereocenters. The van der Waals surface area contributed by atoms with Crippen molar-refractivity contribution in [2.24, 2.45) is 0 Å². The Labute approximate surface area is 171 Å². The maximum absolute atomic E-state index is 11.7. The Bertz CT molecular complexity index is 867. The van der Waals surface area contributed by atoms with Crippen molar-refractivity contribution in [2.75, 3.05) is 0 Å². The van der Waals surface area contributed by atoms with Gasteiger partial charge in [0.15, 0.2) is 17.0 Å². The van der Waals surface area contributed by atoms with Gasteiger partial charge in [-0.1, -0.05) is 32.4 Å². The van der Waals surface area contributed by atoms with E-state index in [0.717, 1.165) is 0 Å². The van der Waals surface area contributed by atoms with Gasteiger partial charge in [0.05, 0.1) is 18.0 Å². The van der Waals surface area contributed by atoms with Crippen molar-refractivity contribution in [1.29, 1.82) is 0 Å². The summed E-state index contributed by atoms with van der Waals surface area (Å²) in [6.45, 7) is 11.8. The van der Waals surface area contributed by atoms with Gasteiger partial charge < -0.3 is 13.9 Å². The lowest BCUT2D eigenvalue weighted by molar-refractivity contribution is -0.153. The molecule has 3 heterocycles. The number of aromatic nitrogens is 4. The molecule has 2 radical (unpaired) electrons. The fourth-order valence-corrected chi connectivity index (χ4v) is 3.89. The summed E-state index contributed by atoms with van der Waals surface area (Å²) in [6.07, 6.45) is 2.11. The molecule has 0 aromatic carbocycles. The average Bonchev–Trinajstić information content (AvgIpc) is 3.17. The van der Waals surface area contributed by atoms with Crippen LogP contribution in [0, 0.1) is 0 Å². The van der Waals surface area contributed by atoms with Gasteiger partial charge in [-0.2, -0.15) is 0 Å². The molecule has 152 valence electrons. The minimum absolute atomic E-state index is 0.0543. The van der Waals surface area contributed by atoms with Crippen LogP contribution >= 0.6 is 11.6 Å². The molecule has 3 rings (SSSR count). The lowest BCUT2D eigenvalue weighted by Crippen LogP contribution is -2.41. The standard InChI is InChI=1S/C18H25ClN4O4Si/c1-10(24)25-11-7-12(18(5,6)27-28-17(2,3)4)26-16(11)23-9-22-13-14(19)20-8-21-15(13)23/h8-9,11-12,16H,7H2,1-6H3/t11-,12+,16+/m0/s1. The highest BCUT2D eigenvalue weighted by molar-refractivity contribution is 6.33. The highest BCUT2D eigenvalue weighted by atomic mass is 35.5. The molecule has 1 fully saturated rings. The molecule has 0 N–H and O–H groups in total. The third-order valence-corrected chi connectivity index (χ3v) is 5.89. The lowest BCUT2D eigenvalue weighted by Gasteiger charge is -2.33. The number of carbonyl (C=O) groups is 1. The monoisotopic (exact) mass is 424 g/mol. The summed E-state index contributed by atoms with van der Waals surface area (Å²) in [5.41, 5.74) is 0.447. The maximum atomic E-state index is 11.7. The predicted molar refractivity (Wildman–Crippen MR) is 105 cm³/mol. The number of hydrogen-bond donors (Lipinski definition) is 0. The molecule has 0 amide bonds. The van der Waals surface area contributed by atoms with E-state index in [1.54, 1.807) is 10.9 Å². The van der Waals surface area contributed by atoms with E-state index in [9.17, 15) is 4.79 Å². The Morgan fingerprint density at radius 2 is 2.00 bits per heavy atom. The fraction of sp³-hybridized carbons (Fsp3) is 0.667. The first kappa shape index (κ1) is 21.2. The van der Waals surface area contributed by atoms with Crippen molar-refractivity contribution in [2.45, 2.75) is 77.0 Å². The van der Waals surface area contributed by atoms with Gasteiger partial charge in [-0.15, -0.1) is 0 Å². The highest BCUT2D eigenvalue weighted by Crippen LogP contribution is 2.39. The van der Waals surface area contributed by atoms with Crippen molar-refractivity contribution in [3.05, 3.63) is 17.8 Å². The van der Waals surface area contributed by atoms with Crippen LogP contribution in [0.25, 0.3) is 11.2 Å². The summed E-state index contributed by atoms with van der Waals surface area (Å²) in [5, 5.41) is 0.316. The SMILES string of the molecule is CC(=O)O[C@H]1C[C@H](C(C)(C)O[Si]C(C)(C)C)O[C@H]1n1cnc2c(Cl)ncnc21. The number of rotatable bonds is 5. The van der Waals surface area contributed by atoms with Crippen LogP contribution < -0.4 is 0 Å². The molecule has 1 aliphatic rings. The van der Waals surface area contributed by atoms with Crippen LogP contribution in [0.2, 0.25) is 10.2 Å². The molecule has 0 saturated carbocycles. The molecule has 10 heteroatoms. The second kappa shape index (κ2) is 7.70. The Balaban J connectivity index is 1.89. The maximum Gasteiger partial charge on any atom is 0.303 e. The average molecular weight is 425 g/mol. The molecule has 1 aliphatic heterocycles. The van der Waals surface area contributed by atoms with Crippen LogP contribution in [0.15, 0.2) is 12.7 Å². The summed E-state index contributed by atoms with van der Waals surface area (Å²) in [5.74, 6) is -0.369. The molecule has 1 saturated heterocycles. The van der Waals surface area contributed by atoms with Crippen molar-refractivity contribution < 1.29 is 18.7 Å². The summed E-state index contributed by atoms with van der Waals surface area (Å²) < 4.78 is 19.8. The quantitative estimate of drug-likeness (QED) is 0.413. The van der Waals surface area contributed by atoms with E-state index in [2.05, 4.69) is 35.7 Å². The van der Waals surface area contributed by atoms with E-state index < -0.39 is 17.9 Å². The van der Waals surface area contributed by atoms with Crippen LogP contribution in [-0.4, -0.2) is 53.1 Å². The second-order valence-corrected chi connectivity index (χ2v) is 10.7. The molecular formula is C18H25ClN4O4Si. The number of halogens is 1. The van der Waals surface area contributed by atoms with E-state index >= 15 is 0 Å². The fourth-order valence-electron chi connectivity index (χ4n) is 3.01. The number of fused-ring (bicyclic) bond motifs is 1. The summed E-state index contributed by atoms with van der Waals surface area (Å²) >= 11 is 6.11. The first-order valence-electron chi connectivity index (χ1n) is 9.09. The minimum Gasteiger partial charge on any atom is -0.458 e. The van der Waals surface area contributed by atoms with Gasteiger partial charge in [0.25, 0.3) is 0 Å². The van der Waals surface area contributed by atoms with Crippen molar-refractivity contribution in [3.8, 4) is 0 Å². The normalized spacial score (nSPS) is 23.3. The van der Waals surface area contributed by atoms with Gasteiger partial charge in [0, 0.05) is 13.3 Å². The smallest absolute Gasteiger partial charge is 0.303 e. The molecule has 8 nitrogen and oxygen atoms in total. The molecule has 0 bridgehead atoms. The summed E-state index contributed by atoms with van der Waals surface area (Å²) in [4.78, 5) is 24.2. The predicted octanol–water partition coefficient (Wildman–Crippen LogP) is 3.33. The Kier molecular flexibility index (Phi) is 5.82. The van der Waals surface area contributed by atoms with Gasteiger partial charge >= 0.3 is 5.97 Å². The van der Waals surface area contributed by atoms with Crippen LogP contribution in [0.5, 0.6) is 0 Å². The zero-order chi connectivity index (χ0) is 20.7. The first-order valence-corrected chi connectivity index (χ1v) is 10.4. The largest absolute Gasteiger partial charge is 0.458 e. The first-order chi connectivity index (χ1) is 13.0. The summed E-state index contributed by atoms with van der Waals surface area (Å²) in [6, 6.07) is 0. The van der Waals surface area contributed by atoms with E-state index in [0.29, 0.717) is 27.3 Å². The Morgan fingerprint density at radius 3 is 2.64 bits per heavy atom. The van der Waals surface area contributed by atoms with Crippen LogP contribution in [0.3, 0.4) is 0 Å². The van der Waals surface area contributed by atoms with Crippen LogP contribution in [0.1, 0.15) is 54.2 Å². The molecule has 0 aliphatic carbocycles. The van der Waals surface area contributed by atoms with Crippen molar-refractivity contribution in [3.63, 3.8) is 0 Å². The lowest BCUT2D eigenvalue weighted by atomic mass is 9.98. The van der Waals surface area contributed by atoms with E-state index in [1.807, 2.05) is 13.8 Å². The van der Waals surface area contributed by atoms with Gasteiger partial charge in [-0.05, 0) is 18.9 Å². The molecule has 2 aromatic heterocycles. The van der Waals surface area contributed by atoms with Crippen LogP contribution in [-0.2, 0) is 18.7 Å². The molecule has 28 heavy (non-hydrogen) atoms. The zero-order valence-corrected chi connectivity index (χ0v) is 18.6. The number of esters is 1. The summed E-state index contributed by atoms with van der Waals surface area (Å²) in [7, 11) is 0.310. The highest BCUT2D eigenvalue weighted by Gasteiger charge is 2.46. The van der Waals surface area contributed by atoms with Gasteiger partial charge in [0.2, 0.25) is 9.76 Å². The molecule has 2 aromatic rings. The second-order valence-electron chi connectivity index (χ2n) is 8.44. The number of carbonyl (C=O) groups excluding carboxylic acids is 1. The van der Waals surface area contributed by atoms with Gasteiger partial charge in [-0.25, -0.2) is 15.0 Å². The van der Waals surface area contributed by atoms with Gasteiger partial charge in [-0.3, -0.25) is 9.36 Å². The van der Waals surface area contributed by atoms with Crippen molar-refractivity contribution in [1.82, 2.24) is 19.5 Å². The molecular weight excluding hydrogens is 400 g/mol. The van der Waals surface area contributed by atoms with E-state index in [4.69, 9.17) is 25.5 Å². The third-order valence-electron chi connectivity index (χ3n) is 4.37. The number of ether oxygens (including phenoxy) is 2. The molecule has 0 unspecified atom stereocenters. The third kappa shape index (κ3) is 4.53. The Hall–Kier alpha value is -1.55. The number of hydrogen-bond acceptors (Lipinski definition) is 7.